The summed E-state index contributed by atoms with van der Waals surface area (Å²) < 4.78 is 3.12. The number of carbonyl (C=O) groups is 2. The van der Waals surface area contributed by atoms with E-state index < -0.39 is 23.3 Å². The number of nitrogens with zero attached hydrogens (tertiary/aromatic N) is 4. The second-order valence-electron chi connectivity index (χ2n) is 4.96. The minimum absolute atomic E-state index is 0.0131. The van der Waals surface area contributed by atoms with E-state index in [4.69, 9.17) is 5.11 Å². The molecule has 0 spiro atoms. The minimum Gasteiger partial charge on any atom is -0.480 e. The van der Waals surface area contributed by atoms with Crippen molar-refractivity contribution in [1.29, 1.82) is 0 Å². The summed E-state index contributed by atoms with van der Waals surface area (Å²) in [6.45, 7) is 2.69. The highest BCUT2D eigenvalue weighted by Crippen LogP contribution is 2.13. The molecule has 0 aromatic carbocycles. The molecule has 0 fully saturated rings. The van der Waals surface area contributed by atoms with Gasteiger partial charge in [-0.05, 0) is 6.92 Å². The van der Waals surface area contributed by atoms with Gasteiger partial charge in [-0.3, -0.25) is 18.7 Å². The number of imidazole rings is 1. The van der Waals surface area contributed by atoms with Crippen molar-refractivity contribution in [2.24, 2.45) is 7.05 Å². The second kappa shape index (κ2) is 5.58. The molecule has 0 amide bonds. The molecule has 2 heterocycles. The molecule has 0 aliphatic carbocycles. The number of hydrogen-bond acceptors (Lipinski definition) is 5. The van der Waals surface area contributed by atoms with E-state index >= 15 is 0 Å². The molecule has 0 saturated carbocycles. The number of hydrogen-bond donors (Lipinski definition) is 1. The molecule has 2 aromatic rings. The van der Waals surface area contributed by atoms with E-state index in [1.165, 1.54) is 24.9 Å². The Labute approximate surface area is 124 Å². The summed E-state index contributed by atoms with van der Waals surface area (Å²) in [6.07, 6.45) is 1.40. The standard InChI is InChI=1S/C13H16N4O5/c1-4-8(18)5-16-11(19)9-10(15(3)13(16)22)14-6-17(9)7(2)12(20)21/h6-7H,4-5H2,1-3H3,(H,20,21)/t7-/m0/s1. The van der Waals surface area contributed by atoms with E-state index in [1.807, 2.05) is 0 Å². The molecule has 1 atom stereocenters. The van der Waals surface area contributed by atoms with Gasteiger partial charge in [0.2, 0.25) is 0 Å². The van der Waals surface area contributed by atoms with Crippen LogP contribution >= 0.6 is 0 Å². The third-order valence-electron chi connectivity index (χ3n) is 3.56. The Bertz CT molecular complexity index is 873. The van der Waals surface area contributed by atoms with Gasteiger partial charge >= 0.3 is 11.7 Å². The Morgan fingerprint density at radius 3 is 2.55 bits per heavy atom. The molecule has 1 N–H and O–H groups in total. The Morgan fingerprint density at radius 2 is 2.00 bits per heavy atom. The van der Waals surface area contributed by atoms with Crippen LogP contribution in [0.25, 0.3) is 11.2 Å². The molecule has 2 aromatic heterocycles. The Hall–Kier alpha value is -2.71. The number of carboxylic acids is 1. The fraction of sp³-hybridized carbons (Fsp3) is 0.462. The third kappa shape index (κ3) is 2.34. The first-order valence-electron chi connectivity index (χ1n) is 6.70. The van der Waals surface area contributed by atoms with Crippen LogP contribution in [-0.2, 0) is 23.2 Å². The maximum Gasteiger partial charge on any atom is 0.332 e. The normalized spacial score (nSPS) is 12.5. The van der Waals surface area contributed by atoms with Crippen molar-refractivity contribution in [1.82, 2.24) is 18.7 Å². The zero-order valence-electron chi connectivity index (χ0n) is 12.4. The zero-order chi connectivity index (χ0) is 16.6. The lowest BCUT2D eigenvalue weighted by molar-refractivity contribution is -0.140. The number of aliphatic carboxylic acids is 1. The highest BCUT2D eigenvalue weighted by atomic mass is 16.4. The third-order valence-corrected chi connectivity index (χ3v) is 3.56. The van der Waals surface area contributed by atoms with E-state index in [0.717, 1.165) is 9.13 Å². The number of carbonyl (C=O) groups excluding carboxylic acids is 1. The van der Waals surface area contributed by atoms with Crippen molar-refractivity contribution in [2.75, 3.05) is 0 Å². The number of Topliss-reactive ketones (excluding diaryl/α,β-unsaturated/α-hetero) is 1. The van der Waals surface area contributed by atoms with Crippen LogP contribution in [0.15, 0.2) is 15.9 Å². The van der Waals surface area contributed by atoms with Crippen molar-refractivity contribution in [3.8, 4) is 0 Å². The number of aryl methyl sites for hydroxylation is 1. The first-order chi connectivity index (χ1) is 10.3. The maximum atomic E-state index is 12.5. The topological polar surface area (TPSA) is 116 Å². The van der Waals surface area contributed by atoms with Crippen LogP contribution in [-0.4, -0.2) is 35.5 Å². The number of ketones is 1. The quantitative estimate of drug-likeness (QED) is 0.797. The molecule has 9 heteroatoms. The number of carboxylic acid groups (broad SMARTS) is 1. The summed E-state index contributed by atoms with van der Waals surface area (Å²) in [6, 6.07) is -1.02. The predicted molar refractivity (Wildman–Crippen MR) is 76.9 cm³/mol. The van der Waals surface area contributed by atoms with Crippen LogP contribution in [0.2, 0.25) is 0 Å². The molecule has 2 rings (SSSR count). The molecule has 0 saturated heterocycles. The van der Waals surface area contributed by atoms with Crippen LogP contribution in [0, 0.1) is 0 Å². The molecule has 9 nitrogen and oxygen atoms in total. The average molecular weight is 308 g/mol. The van der Waals surface area contributed by atoms with Gasteiger partial charge in [-0.15, -0.1) is 0 Å². The molecular weight excluding hydrogens is 292 g/mol. The summed E-state index contributed by atoms with van der Waals surface area (Å²) in [5.74, 6) is -1.40. The maximum absolute atomic E-state index is 12.5. The van der Waals surface area contributed by atoms with E-state index in [0.29, 0.717) is 0 Å². The van der Waals surface area contributed by atoms with Gasteiger partial charge in [0.05, 0.1) is 12.9 Å². The van der Waals surface area contributed by atoms with Crippen molar-refractivity contribution in [2.45, 2.75) is 32.9 Å². The molecule has 0 aliphatic heterocycles. The van der Waals surface area contributed by atoms with Gasteiger partial charge in [-0.1, -0.05) is 6.92 Å². The SMILES string of the molecule is CCC(=O)Cn1c(=O)c2c(ncn2[C@@H](C)C(=O)O)n(C)c1=O. The van der Waals surface area contributed by atoms with Gasteiger partial charge in [0.25, 0.3) is 5.56 Å². The van der Waals surface area contributed by atoms with Crippen molar-refractivity contribution in [3.63, 3.8) is 0 Å². The molecule has 22 heavy (non-hydrogen) atoms. The fourth-order valence-corrected chi connectivity index (χ4v) is 2.13. The highest BCUT2D eigenvalue weighted by molar-refractivity contribution is 5.79. The van der Waals surface area contributed by atoms with Gasteiger partial charge in [-0.2, -0.15) is 0 Å². The van der Waals surface area contributed by atoms with E-state index in [-0.39, 0.29) is 29.9 Å². The first-order valence-corrected chi connectivity index (χ1v) is 6.70. The number of aromatic nitrogens is 4. The largest absolute Gasteiger partial charge is 0.480 e. The zero-order valence-corrected chi connectivity index (χ0v) is 12.4. The molecular formula is C13H16N4O5. The van der Waals surface area contributed by atoms with Crippen LogP contribution in [0.1, 0.15) is 26.3 Å². The number of rotatable bonds is 5. The van der Waals surface area contributed by atoms with Crippen molar-refractivity contribution < 1.29 is 14.7 Å². The monoisotopic (exact) mass is 308 g/mol. The van der Waals surface area contributed by atoms with Crippen LogP contribution in [0.4, 0.5) is 0 Å². The van der Waals surface area contributed by atoms with E-state index in [9.17, 15) is 19.2 Å². The lowest BCUT2D eigenvalue weighted by Crippen LogP contribution is -2.41. The predicted octanol–water partition coefficient (Wildman–Crippen LogP) is -0.479. The highest BCUT2D eigenvalue weighted by Gasteiger charge is 2.22. The molecule has 0 radical (unpaired) electrons. The summed E-state index contributed by atoms with van der Waals surface area (Å²) in [4.78, 5) is 51.3. The Kier molecular flexibility index (Phi) is 3.98. The van der Waals surface area contributed by atoms with Gasteiger partial charge in [0, 0.05) is 13.5 Å². The summed E-state index contributed by atoms with van der Waals surface area (Å²) in [7, 11) is 1.42. The second-order valence-corrected chi connectivity index (χ2v) is 4.96. The first kappa shape index (κ1) is 15.7. The van der Waals surface area contributed by atoms with Crippen molar-refractivity contribution >= 4 is 22.9 Å². The summed E-state index contributed by atoms with van der Waals surface area (Å²) in [5.41, 5.74) is -1.30. The van der Waals surface area contributed by atoms with Gasteiger partial charge in [-0.25, -0.2) is 14.6 Å². The average Bonchev–Trinajstić information content (AvgIpc) is 2.93. The molecule has 118 valence electrons. The smallest absolute Gasteiger partial charge is 0.332 e. The fourth-order valence-electron chi connectivity index (χ4n) is 2.13. The van der Waals surface area contributed by atoms with Gasteiger partial charge < -0.3 is 9.67 Å². The van der Waals surface area contributed by atoms with Crippen LogP contribution in [0.5, 0.6) is 0 Å². The molecule has 0 aliphatic rings. The lowest BCUT2D eigenvalue weighted by Gasteiger charge is -2.11. The van der Waals surface area contributed by atoms with Crippen LogP contribution in [0.3, 0.4) is 0 Å². The minimum atomic E-state index is -1.14. The summed E-state index contributed by atoms with van der Waals surface area (Å²) in [5, 5.41) is 9.10. The molecule has 0 bridgehead atoms. The summed E-state index contributed by atoms with van der Waals surface area (Å²) >= 11 is 0. The molecule has 0 unspecified atom stereocenters. The van der Waals surface area contributed by atoms with Crippen LogP contribution < -0.4 is 11.2 Å². The lowest BCUT2D eigenvalue weighted by atomic mass is 10.3. The van der Waals surface area contributed by atoms with Crippen molar-refractivity contribution in [3.05, 3.63) is 27.2 Å². The Morgan fingerprint density at radius 1 is 1.36 bits per heavy atom. The number of fused-ring (bicyclic) bond motifs is 1. The van der Waals surface area contributed by atoms with Gasteiger partial charge in [0.15, 0.2) is 16.9 Å². The Balaban J connectivity index is 2.82. The van der Waals surface area contributed by atoms with Gasteiger partial charge in [0.1, 0.15) is 6.04 Å². The van der Waals surface area contributed by atoms with E-state index in [2.05, 4.69) is 4.98 Å². The van der Waals surface area contributed by atoms with E-state index in [1.54, 1.807) is 6.92 Å².